The van der Waals surface area contributed by atoms with Gasteiger partial charge in [-0.15, -0.1) is 5.10 Å². The van der Waals surface area contributed by atoms with E-state index in [0.29, 0.717) is 5.75 Å². The summed E-state index contributed by atoms with van der Waals surface area (Å²) in [6.07, 6.45) is 2.75. The van der Waals surface area contributed by atoms with Gasteiger partial charge in [0.15, 0.2) is 0 Å². The normalized spacial score (nSPS) is 12.3. The van der Waals surface area contributed by atoms with E-state index in [1.165, 1.54) is 5.56 Å². The molecule has 0 amide bonds. The molecule has 0 aliphatic heterocycles. The average Bonchev–Trinajstić information content (AvgIpc) is 3.00. The second-order valence-corrected chi connectivity index (χ2v) is 6.00. The number of phenols is 1. The molecular weight excluding hydrogens is 286 g/mol. The van der Waals surface area contributed by atoms with E-state index in [2.05, 4.69) is 29.4 Å². The van der Waals surface area contributed by atoms with Crippen LogP contribution in [0.5, 0.6) is 5.75 Å². The van der Waals surface area contributed by atoms with E-state index in [4.69, 9.17) is 0 Å². The quantitative estimate of drug-likeness (QED) is 0.782. The molecule has 0 saturated carbocycles. The summed E-state index contributed by atoms with van der Waals surface area (Å²) in [6, 6.07) is 15.8. The topological polar surface area (TPSA) is 50.9 Å². The van der Waals surface area contributed by atoms with E-state index in [-0.39, 0.29) is 5.92 Å². The van der Waals surface area contributed by atoms with Crippen molar-refractivity contribution in [1.82, 2.24) is 15.0 Å². The monoisotopic (exact) mass is 307 g/mol. The van der Waals surface area contributed by atoms with Gasteiger partial charge in [-0.25, -0.2) is 4.68 Å². The van der Waals surface area contributed by atoms with Crippen molar-refractivity contribution in [3.63, 3.8) is 0 Å². The zero-order valence-corrected chi connectivity index (χ0v) is 13.5. The predicted octanol–water partition coefficient (Wildman–Crippen LogP) is 3.69. The highest BCUT2D eigenvalue weighted by Gasteiger charge is 2.14. The van der Waals surface area contributed by atoms with Crippen molar-refractivity contribution in [1.29, 1.82) is 0 Å². The van der Waals surface area contributed by atoms with Gasteiger partial charge in [-0.05, 0) is 36.1 Å². The molecule has 1 N–H and O–H groups in total. The van der Waals surface area contributed by atoms with Crippen LogP contribution in [0.4, 0.5) is 0 Å². The van der Waals surface area contributed by atoms with E-state index < -0.39 is 0 Å². The van der Waals surface area contributed by atoms with Crippen LogP contribution in [0.2, 0.25) is 0 Å². The Bertz CT molecular complexity index is 760. The summed E-state index contributed by atoms with van der Waals surface area (Å²) in [5.74, 6) is 0.556. The van der Waals surface area contributed by atoms with Crippen molar-refractivity contribution in [2.24, 2.45) is 0 Å². The fourth-order valence-corrected chi connectivity index (χ4v) is 2.75. The van der Waals surface area contributed by atoms with Gasteiger partial charge in [-0.2, -0.15) is 0 Å². The Hall–Kier alpha value is -2.62. The van der Waals surface area contributed by atoms with Gasteiger partial charge in [0, 0.05) is 12.1 Å². The minimum absolute atomic E-state index is 0.200. The lowest BCUT2D eigenvalue weighted by molar-refractivity contribution is 0.464. The number of hydrogen-bond acceptors (Lipinski definition) is 3. The first-order chi connectivity index (χ1) is 11.1. The Morgan fingerprint density at radius 2 is 1.87 bits per heavy atom. The standard InChI is InChI=1S/C19H21N3O/c1-14-7-6-10-19(23)17(14)11-15(2)18-13-22(21-20-18)12-16-8-4-3-5-9-16/h3-10,13,15,23H,11-12H2,1-2H3. The third-order valence-electron chi connectivity index (χ3n) is 4.14. The fraction of sp³-hybridized carbons (Fsp3) is 0.263. The van der Waals surface area contributed by atoms with Crippen LogP contribution in [-0.4, -0.2) is 20.1 Å². The Morgan fingerprint density at radius 3 is 2.61 bits per heavy atom. The van der Waals surface area contributed by atoms with Crippen LogP contribution in [0.25, 0.3) is 0 Å². The molecule has 0 fully saturated rings. The molecule has 1 heterocycles. The predicted molar refractivity (Wildman–Crippen MR) is 90.5 cm³/mol. The van der Waals surface area contributed by atoms with E-state index >= 15 is 0 Å². The van der Waals surface area contributed by atoms with Crippen molar-refractivity contribution in [2.45, 2.75) is 32.7 Å². The number of phenolic OH excluding ortho intramolecular Hbond substituents is 1. The van der Waals surface area contributed by atoms with Gasteiger partial charge < -0.3 is 5.11 Å². The van der Waals surface area contributed by atoms with Crippen molar-refractivity contribution in [2.75, 3.05) is 0 Å². The summed E-state index contributed by atoms with van der Waals surface area (Å²) < 4.78 is 1.86. The fourth-order valence-electron chi connectivity index (χ4n) is 2.75. The smallest absolute Gasteiger partial charge is 0.119 e. The number of aryl methyl sites for hydroxylation is 1. The minimum atomic E-state index is 0.200. The van der Waals surface area contributed by atoms with Crippen LogP contribution >= 0.6 is 0 Å². The largest absolute Gasteiger partial charge is 0.508 e. The summed E-state index contributed by atoms with van der Waals surface area (Å²) in [6.45, 7) is 4.85. The van der Waals surface area contributed by atoms with Crippen LogP contribution < -0.4 is 0 Å². The molecule has 0 bridgehead atoms. The number of aromatic nitrogens is 3. The first kappa shape index (κ1) is 15.3. The summed E-state index contributed by atoms with van der Waals surface area (Å²) in [4.78, 5) is 0. The van der Waals surface area contributed by atoms with Gasteiger partial charge in [0.25, 0.3) is 0 Å². The van der Waals surface area contributed by atoms with Crippen molar-refractivity contribution in [3.05, 3.63) is 77.1 Å². The molecule has 1 aromatic heterocycles. The van der Waals surface area contributed by atoms with E-state index in [9.17, 15) is 5.11 Å². The van der Waals surface area contributed by atoms with Crippen molar-refractivity contribution >= 4 is 0 Å². The van der Waals surface area contributed by atoms with Crippen LogP contribution in [0.3, 0.4) is 0 Å². The number of aromatic hydroxyl groups is 1. The van der Waals surface area contributed by atoms with Gasteiger partial charge in [0.1, 0.15) is 5.75 Å². The van der Waals surface area contributed by atoms with Gasteiger partial charge in [-0.1, -0.05) is 54.6 Å². The summed E-state index contributed by atoms with van der Waals surface area (Å²) in [5.41, 5.74) is 4.24. The molecule has 3 aromatic rings. The van der Waals surface area contributed by atoms with E-state index in [1.807, 2.05) is 48.1 Å². The Balaban J connectivity index is 1.72. The van der Waals surface area contributed by atoms with Crippen LogP contribution in [-0.2, 0) is 13.0 Å². The number of hydrogen-bond donors (Lipinski definition) is 1. The van der Waals surface area contributed by atoms with E-state index in [0.717, 1.165) is 29.8 Å². The number of nitrogens with zero attached hydrogens (tertiary/aromatic N) is 3. The molecule has 3 rings (SSSR count). The minimum Gasteiger partial charge on any atom is -0.508 e. The third-order valence-corrected chi connectivity index (χ3v) is 4.14. The maximum atomic E-state index is 10.0. The molecule has 0 aliphatic rings. The van der Waals surface area contributed by atoms with Gasteiger partial charge in [0.2, 0.25) is 0 Å². The maximum absolute atomic E-state index is 10.0. The molecule has 2 aromatic carbocycles. The second-order valence-electron chi connectivity index (χ2n) is 6.00. The molecule has 0 spiro atoms. The zero-order valence-electron chi connectivity index (χ0n) is 13.5. The highest BCUT2D eigenvalue weighted by molar-refractivity contribution is 5.39. The lowest BCUT2D eigenvalue weighted by Crippen LogP contribution is -2.01. The first-order valence-corrected chi connectivity index (χ1v) is 7.85. The highest BCUT2D eigenvalue weighted by atomic mass is 16.3. The molecule has 4 heteroatoms. The molecule has 118 valence electrons. The van der Waals surface area contributed by atoms with Gasteiger partial charge >= 0.3 is 0 Å². The SMILES string of the molecule is Cc1cccc(O)c1CC(C)c1cn(Cc2ccccc2)nn1. The Labute approximate surface area is 136 Å². The molecule has 23 heavy (non-hydrogen) atoms. The zero-order chi connectivity index (χ0) is 16.2. The molecule has 4 nitrogen and oxygen atoms in total. The molecule has 1 unspecified atom stereocenters. The average molecular weight is 307 g/mol. The molecule has 0 aliphatic carbocycles. The van der Waals surface area contributed by atoms with Gasteiger partial charge in [0.05, 0.1) is 12.2 Å². The highest BCUT2D eigenvalue weighted by Crippen LogP contribution is 2.27. The van der Waals surface area contributed by atoms with Crippen molar-refractivity contribution in [3.8, 4) is 5.75 Å². The number of rotatable bonds is 5. The second kappa shape index (κ2) is 6.65. The molecule has 1 atom stereocenters. The summed E-state index contributed by atoms with van der Waals surface area (Å²) in [7, 11) is 0. The van der Waals surface area contributed by atoms with Crippen LogP contribution in [0.1, 0.15) is 35.2 Å². The van der Waals surface area contributed by atoms with Crippen LogP contribution in [0.15, 0.2) is 54.7 Å². The van der Waals surface area contributed by atoms with Gasteiger partial charge in [-0.3, -0.25) is 0 Å². The molecule has 0 radical (unpaired) electrons. The Morgan fingerprint density at radius 1 is 1.09 bits per heavy atom. The lowest BCUT2D eigenvalue weighted by Gasteiger charge is -2.12. The number of benzene rings is 2. The summed E-state index contributed by atoms with van der Waals surface area (Å²) in [5, 5.41) is 18.6. The van der Waals surface area contributed by atoms with E-state index in [1.54, 1.807) is 6.07 Å². The lowest BCUT2D eigenvalue weighted by atomic mass is 9.95. The maximum Gasteiger partial charge on any atom is 0.119 e. The molecular formula is C19H21N3O. The molecule has 0 saturated heterocycles. The summed E-state index contributed by atoms with van der Waals surface area (Å²) >= 11 is 0. The third kappa shape index (κ3) is 3.59. The van der Waals surface area contributed by atoms with Crippen LogP contribution in [0, 0.1) is 6.92 Å². The first-order valence-electron chi connectivity index (χ1n) is 7.85. The van der Waals surface area contributed by atoms with Crippen molar-refractivity contribution < 1.29 is 5.11 Å². The Kier molecular flexibility index (Phi) is 4.42.